The van der Waals surface area contributed by atoms with Crippen LogP contribution in [0, 0.1) is 0 Å². The van der Waals surface area contributed by atoms with E-state index in [0.29, 0.717) is 18.8 Å². The van der Waals surface area contributed by atoms with Gasteiger partial charge in [0.2, 0.25) is 5.78 Å². The van der Waals surface area contributed by atoms with Gasteiger partial charge in [-0.15, -0.1) is 0 Å². The lowest BCUT2D eigenvalue weighted by Crippen LogP contribution is -2.35. The normalized spacial score (nSPS) is 25.7. The van der Waals surface area contributed by atoms with E-state index in [1.807, 2.05) is 13.8 Å². The van der Waals surface area contributed by atoms with Crippen molar-refractivity contribution in [3.8, 4) is 0 Å². The van der Waals surface area contributed by atoms with E-state index in [-0.39, 0.29) is 5.78 Å². The first kappa shape index (κ1) is 10.4. The second-order valence-electron chi connectivity index (χ2n) is 4.04. The van der Waals surface area contributed by atoms with Crippen LogP contribution in [0.1, 0.15) is 37.2 Å². The molecule has 1 aromatic rings. The number of nitrogens with zero attached hydrogens (tertiary/aromatic N) is 2. The molecule has 15 heavy (non-hydrogen) atoms. The quantitative estimate of drug-likeness (QED) is 0.709. The molecule has 0 aliphatic carbocycles. The standard InChI is InChI=1S/C11H16N2O2/c1-3-13-9(5-7-12-13)10(14)11(2)6-4-8-15-11/h5,7H,3-4,6,8H2,1-2H3. The van der Waals surface area contributed by atoms with Crippen molar-refractivity contribution in [1.82, 2.24) is 9.78 Å². The van der Waals surface area contributed by atoms with E-state index in [0.717, 1.165) is 12.8 Å². The zero-order chi connectivity index (χ0) is 10.9. The highest BCUT2D eigenvalue weighted by atomic mass is 16.5. The highest BCUT2D eigenvalue weighted by Gasteiger charge is 2.39. The third kappa shape index (κ3) is 1.69. The number of ketones is 1. The molecule has 1 aliphatic heterocycles. The lowest BCUT2D eigenvalue weighted by molar-refractivity contribution is 0.0204. The van der Waals surface area contributed by atoms with Crippen molar-refractivity contribution in [2.24, 2.45) is 0 Å². The van der Waals surface area contributed by atoms with Crippen LogP contribution in [-0.2, 0) is 11.3 Å². The molecule has 0 amide bonds. The number of hydrogen-bond acceptors (Lipinski definition) is 3. The summed E-state index contributed by atoms with van der Waals surface area (Å²) in [5.74, 6) is 0.0550. The second-order valence-corrected chi connectivity index (χ2v) is 4.04. The summed E-state index contributed by atoms with van der Waals surface area (Å²) in [6, 6.07) is 1.76. The van der Waals surface area contributed by atoms with Gasteiger partial charge in [-0.1, -0.05) is 0 Å². The Bertz CT molecular complexity index is 364. The summed E-state index contributed by atoms with van der Waals surface area (Å²) in [5, 5.41) is 4.10. The Balaban J connectivity index is 2.27. The molecular formula is C11H16N2O2. The molecule has 1 aliphatic rings. The Labute approximate surface area is 89.2 Å². The van der Waals surface area contributed by atoms with Gasteiger partial charge in [0.1, 0.15) is 11.3 Å². The van der Waals surface area contributed by atoms with Gasteiger partial charge in [-0.3, -0.25) is 9.48 Å². The Hall–Kier alpha value is -1.16. The molecule has 82 valence electrons. The van der Waals surface area contributed by atoms with Crippen molar-refractivity contribution in [2.75, 3.05) is 6.61 Å². The minimum absolute atomic E-state index is 0.0550. The minimum atomic E-state index is -0.632. The Morgan fingerprint density at radius 2 is 2.53 bits per heavy atom. The molecule has 4 nitrogen and oxygen atoms in total. The molecule has 2 heterocycles. The molecule has 1 aromatic heterocycles. The first-order chi connectivity index (χ1) is 7.17. The van der Waals surface area contributed by atoms with Gasteiger partial charge < -0.3 is 4.74 Å². The largest absolute Gasteiger partial charge is 0.367 e. The number of carbonyl (C=O) groups is 1. The number of carbonyl (C=O) groups excluding carboxylic acids is 1. The van der Waals surface area contributed by atoms with Crippen molar-refractivity contribution in [3.05, 3.63) is 18.0 Å². The average Bonchev–Trinajstić information content (AvgIpc) is 2.85. The van der Waals surface area contributed by atoms with E-state index in [4.69, 9.17) is 4.74 Å². The van der Waals surface area contributed by atoms with Gasteiger partial charge in [0.05, 0.1) is 0 Å². The maximum atomic E-state index is 12.2. The topological polar surface area (TPSA) is 44.1 Å². The zero-order valence-corrected chi connectivity index (χ0v) is 9.19. The van der Waals surface area contributed by atoms with Crippen LogP contribution in [0.15, 0.2) is 12.3 Å². The van der Waals surface area contributed by atoms with E-state index in [9.17, 15) is 4.79 Å². The van der Waals surface area contributed by atoms with Crippen molar-refractivity contribution < 1.29 is 9.53 Å². The fourth-order valence-electron chi connectivity index (χ4n) is 2.01. The van der Waals surface area contributed by atoms with E-state index in [1.54, 1.807) is 16.9 Å². The second kappa shape index (κ2) is 3.77. The van der Waals surface area contributed by atoms with Gasteiger partial charge in [0, 0.05) is 19.3 Å². The van der Waals surface area contributed by atoms with Crippen molar-refractivity contribution in [2.45, 2.75) is 38.8 Å². The van der Waals surface area contributed by atoms with Crippen LogP contribution in [0.5, 0.6) is 0 Å². The molecule has 1 atom stereocenters. The maximum absolute atomic E-state index is 12.2. The first-order valence-electron chi connectivity index (χ1n) is 5.38. The van der Waals surface area contributed by atoms with Crippen LogP contribution in [0.3, 0.4) is 0 Å². The summed E-state index contributed by atoms with van der Waals surface area (Å²) >= 11 is 0. The van der Waals surface area contributed by atoms with Crippen LogP contribution in [0.4, 0.5) is 0 Å². The van der Waals surface area contributed by atoms with Crippen molar-refractivity contribution in [3.63, 3.8) is 0 Å². The minimum Gasteiger partial charge on any atom is -0.367 e. The number of Topliss-reactive ketones (excluding diaryl/α,β-unsaturated/α-hetero) is 1. The van der Waals surface area contributed by atoms with Crippen molar-refractivity contribution in [1.29, 1.82) is 0 Å². The number of aromatic nitrogens is 2. The van der Waals surface area contributed by atoms with E-state index >= 15 is 0 Å². The van der Waals surface area contributed by atoms with Crippen molar-refractivity contribution >= 4 is 5.78 Å². The molecule has 0 bridgehead atoms. The number of hydrogen-bond donors (Lipinski definition) is 0. The fourth-order valence-corrected chi connectivity index (χ4v) is 2.01. The Morgan fingerprint density at radius 1 is 1.73 bits per heavy atom. The molecule has 0 radical (unpaired) electrons. The first-order valence-corrected chi connectivity index (χ1v) is 5.38. The van der Waals surface area contributed by atoms with Crippen LogP contribution >= 0.6 is 0 Å². The number of aryl methyl sites for hydroxylation is 1. The van der Waals surface area contributed by atoms with Crippen LogP contribution in [0.2, 0.25) is 0 Å². The molecular weight excluding hydrogens is 192 g/mol. The van der Waals surface area contributed by atoms with Gasteiger partial charge in [-0.05, 0) is 32.8 Å². The molecule has 1 unspecified atom stereocenters. The van der Waals surface area contributed by atoms with E-state index in [1.165, 1.54) is 0 Å². The zero-order valence-electron chi connectivity index (χ0n) is 9.19. The summed E-state index contributed by atoms with van der Waals surface area (Å²) < 4.78 is 7.25. The predicted octanol–water partition coefficient (Wildman–Crippen LogP) is 1.65. The SMILES string of the molecule is CCn1nccc1C(=O)C1(C)CCCO1. The van der Waals surface area contributed by atoms with Gasteiger partial charge in [-0.2, -0.15) is 5.10 Å². The summed E-state index contributed by atoms with van der Waals surface area (Å²) in [6.07, 6.45) is 3.43. The highest BCUT2D eigenvalue weighted by molar-refractivity contribution is 6.01. The Morgan fingerprint density at radius 3 is 3.13 bits per heavy atom. The lowest BCUT2D eigenvalue weighted by atomic mass is 9.95. The third-order valence-electron chi connectivity index (χ3n) is 2.95. The van der Waals surface area contributed by atoms with E-state index in [2.05, 4.69) is 5.10 Å². The molecule has 0 aromatic carbocycles. The summed E-state index contributed by atoms with van der Waals surface area (Å²) in [4.78, 5) is 12.2. The van der Waals surface area contributed by atoms with E-state index < -0.39 is 5.60 Å². The van der Waals surface area contributed by atoms with Gasteiger partial charge in [-0.25, -0.2) is 0 Å². The van der Waals surface area contributed by atoms with Gasteiger partial charge >= 0.3 is 0 Å². The van der Waals surface area contributed by atoms with Crippen LogP contribution in [0.25, 0.3) is 0 Å². The maximum Gasteiger partial charge on any atom is 0.212 e. The lowest BCUT2D eigenvalue weighted by Gasteiger charge is -2.21. The summed E-state index contributed by atoms with van der Waals surface area (Å²) in [7, 11) is 0. The molecule has 0 spiro atoms. The average molecular weight is 208 g/mol. The monoisotopic (exact) mass is 208 g/mol. The summed E-state index contributed by atoms with van der Waals surface area (Å²) in [6.45, 7) is 5.24. The Kier molecular flexibility index (Phi) is 2.61. The molecule has 4 heteroatoms. The molecule has 1 saturated heterocycles. The number of ether oxygens (including phenoxy) is 1. The summed E-state index contributed by atoms with van der Waals surface area (Å²) in [5.41, 5.74) is 0.0225. The molecule has 2 rings (SSSR count). The predicted molar refractivity (Wildman–Crippen MR) is 55.8 cm³/mol. The third-order valence-corrected chi connectivity index (χ3v) is 2.95. The van der Waals surface area contributed by atoms with Gasteiger partial charge in [0.25, 0.3) is 0 Å². The fraction of sp³-hybridized carbons (Fsp3) is 0.636. The van der Waals surface area contributed by atoms with Crippen LogP contribution < -0.4 is 0 Å². The molecule has 1 fully saturated rings. The highest BCUT2D eigenvalue weighted by Crippen LogP contribution is 2.28. The smallest absolute Gasteiger partial charge is 0.212 e. The molecule has 0 saturated carbocycles. The van der Waals surface area contributed by atoms with Crippen LogP contribution in [-0.4, -0.2) is 27.8 Å². The number of rotatable bonds is 3. The molecule has 0 N–H and O–H groups in total. The van der Waals surface area contributed by atoms with Gasteiger partial charge in [0.15, 0.2) is 0 Å².